The average Bonchev–Trinajstić information content (AvgIpc) is 1.66. The highest BCUT2D eigenvalue weighted by Crippen LogP contribution is 2.44. The van der Waals surface area contributed by atoms with Gasteiger partial charge in [-0.3, -0.25) is 33.7 Å². The number of carbonyl (C=O) groups excluding carboxylic acids is 7. The second kappa shape index (κ2) is 40.3. The maximum atomic E-state index is 13.6. The molecule has 4 N–H and O–H groups in total. The molecule has 1 aliphatic carbocycles. The Hall–Kier alpha value is -6.87. The van der Waals surface area contributed by atoms with E-state index in [4.69, 9.17) is 33.2 Å². The normalized spacial score (nSPS) is 15.7. The van der Waals surface area contributed by atoms with E-state index in [0.717, 1.165) is 84.4 Å². The third-order valence-electron chi connectivity index (χ3n) is 15.3. The molecule has 4 aromatic rings. The van der Waals surface area contributed by atoms with E-state index >= 15 is 0 Å². The van der Waals surface area contributed by atoms with Gasteiger partial charge in [-0.1, -0.05) is 100 Å². The molecule has 19 heteroatoms. The van der Waals surface area contributed by atoms with Crippen molar-refractivity contribution in [2.75, 3.05) is 98.7 Å². The van der Waals surface area contributed by atoms with Crippen LogP contribution >= 0.6 is 0 Å². The van der Waals surface area contributed by atoms with Gasteiger partial charge in [0.1, 0.15) is 42.5 Å². The molecule has 2 saturated heterocycles. The summed E-state index contributed by atoms with van der Waals surface area (Å²) in [4.78, 5) is 92.7. The molecule has 3 amide bonds. The predicted octanol–water partition coefficient (Wildman–Crippen LogP) is 10.0. The van der Waals surface area contributed by atoms with Crippen LogP contribution in [0.4, 0.5) is 4.79 Å². The van der Waals surface area contributed by atoms with E-state index in [9.17, 15) is 33.6 Å². The lowest BCUT2D eigenvalue weighted by Gasteiger charge is -2.25. The molecule has 0 saturated carbocycles. The van der Waals surface area contributed by atoms with Crippen LogP contribution in [0.2, 0.25) is 0 Å². The summed E-state index contributed by atoms with van der Waals surface area (Å²) < 4.78 is 39.3. The first-order valence-electron chi connectivity index (χ1n) is 33.2. The van der Waals surface area contributed by atoms with Crippen LogP contribution < -0.4 is 30.7 Å². The van der Waals surface area contributed by atoms with E-state index in [1.54, 1.807) is 0 Å². The third kappa shape index (κ3) is 27.4. The third-order valence-corrected chi connectivity index (χ3v) is 15.3. The minimum atomic E-state index is -0.726. The highest BCUT2D eigenvalue weighted by Gasteiger charge is 2.37. The van der Waals surface area contributed by atoms with Crippen LogP contribution in [0.25, 0.3) is 11.1 Å². The van der Waals surface area contributed by atoms with Gasteiger partial charge < -0.3 is 54.4 Å². The van der Waals surface area contributed by atoms with Crippen molar-refractivity contribution in [3.63, 3.8) is 0 Å². The Morgan fingerprint density at radius 1 is 0.554 bits per heavy atom. The van der Waals surface area contributed by atoms with Gasteiger partial charge in [0, 0.05) is 50.4 Å². The molecule has 2 heterocycles. The zero-order chi connectivity index (χ0) is 66.9. The lowest BCUT2D eigenvalue weighted by atomic mass is 9.93. The summed E-state index contributed by atoms with van der Waals surface area (Å²) in [6.45, 7) is 25.9. The molecule has 506 valence electrons. The first-order valence-corrected chi connectivity index (χ1v) is 33.2. The van der Waals surface area contributed by atoms with E-state index in [1.807, 2.05) is 128 Å². The molecule has 7 rings (SSSR count). The largest absolute Gasteiger partial charge is 0.488 e. The highest BCUT2D eigenvalue weighted by atomic mass is 16.6. The molecule has 0 spiro atoms. The maximum Gasteiger partial charge on any atom is 0.410 e. The van der Waals surface area contributed by atoms with Crippen molar-refractivity contribution in [3.8, 4) is 22.6 Å². The number of carbonyl (C=O) groups is 7. The monoisotopic (exact) mass is 1280 g/mol. The summed E-state index contributed by atoms with van der Waals surface area (Å²) >= 11 is 0. The Kier molecular flexibility index (Phi) is 33.2. The molecule has 0 radical (unpaired) electrons. The van der Waals surface area contributed by atoms with Gasteiger partial charge in [-0.2, -0.15) is 0 Å². The SMILES string of the molecule is CCCOCCOCC(=O)C[C@@H](Cc1ccc(OC(C)(C)C)cc1)C(=O)NCC(=O)C1CCCN1.CCCOCCOCC(=O)C[C@@H](Cc1ccc(OC(C)(C)C)cc1)C(=O)NCC(=O)C1CCCN1C(=O)OCC1c2ccccc2-c2ccccc21.CCNCC. The zero-order valence-electron chi connectivity index (χ0n) is 56.5. The van der Waals surface area contributed by atoms with Crippen LogP contribution in [0, 0.1) is 11.8 Å². The van der Waals surface area contributed by atoms with Crippen molar-refractivity contribution in [2.45, 2.75) is 163 Å². The number of rotatable bonds is 36. The van der Waals surface area contributed by atoms with Crippen LogP contribution in [0.1, 0.15) is 149 Å². The van der Waals surface area contributed by atoms with E-state index in [2.05, 4.69) is 59.4 Å². The van der Waals surface area contributed by atoms with Crippen LogP contribution in [0.5, 0.6) is 11.5 Å². The maximum absolute atomic E-state index is 13.6. The van der Waals surface area contributed by atoms with Crippen molar-refractivity contribution in [1.29, 1.82) is 0 Å². The van der Waals surface area contributed by atoms with Crippen molar-refractivity contribution >= 4 is 41.0 Å². The number of hydrogen-bond acceptors (Lipinski definition) is 16. The van der Waals surface area contributed by atoms with Gasteiger partial charge in [0.2, 0.25) is 11.8 Å². The molecular formula is C73H105N5O14. The van der Waals surface area contributed by atoms with Crippen LogP contribution in [-0.2, 0) is 65.3 Å². The number of ketones is 4. The van der Waals surface area contributed by atoms with Gasteiger partial charge in [-0.05, 0) is 170 Å². The number of amides is 3. The number of Topliss-reactive ketones (excluding diaryl/α,β-unsaturated/α-hetero) is 4. The van der Waals surface area contributed by atoms with Crippen molar-refractivity contribution < 1.29 is 66.7 Å². The fraction of sp³-hybridized carbons (Fsp3) is 0.575. The Morgan fingerprint density at radius 3 is 1.43 bits per heavy atom. The number of fused-ring (bicyclic) bond motifs is 3. The first-order chi connectivity index (χ1) is 44.1. The number of benzene rings is 4. The van der Waals surface area contributed by atoms with Crippen molar-refractivity contribution in [1.82, 2.24) is 26.2 Å². The first kappa shape index (κ1) is 75.8. The Morgan fingerprint density at radius 2 is 1.01 bits per heavy atom. The fourth-order valence-corrected chi connectivity index (χ4v) is 11.0. The molecule has 3 aliphatic rings. The standard InChI is InChI=1S/C42H52N2O8.C27H42N2O6.C4H11N/c1-5-21-49-22-23-50-27-31(45)25-30(24-29-16-18-32(19-17-29)52-42(2,3)4)40(47)43-26-39(46)38-15-10-20-44(38)41(48)51-28-37-35-13-8-6-11-33(35)34-12-7-9-14-36(34)37;1-5-13-33-14-15-34-19-22(30)17-21(26(32)29-18-25(31)24-7-6-12-28-24)16-20-8-10-23(11-9-20)35-27(2,3)4;1-3-5-4-2/h6-9,11-14,16-19,30,37-38H,5,10,15,20-28H2,1-4H3,(H,43,47);8-11,21,24,28H,5-7,12-19H2,1-4H3,(H,29,32);5H,3-4H2,1-2H3/t30-,38?;21-,24?;/m11./s1. The van der Waals surface area contributed by atoms with Gasteiger partial charge in [0.05, 0.1) is 51.6 Å². The van der Waals surface area contributed by atoms with E-state index in [-0.39, 0.29) is 111 Å². The highest BCUT2D eigenvalue weighted by molar-refractivity contribution is 5.94. The van der Waals surface area contributed by atoms with Crippen LogP contribution in [-0.4, -0.2) is 168 Å². The number of ether oxygens (including phenoxy) is 7. The molecular weight excluding hydrogens is 1170 g/mol. The lowest BCUT2D eigenvalue weighted by molar-refractivity contribution is -0.132. The Balaban J connectivity index is 0.000000332. The van der Waals surface area contributed by atoms with Gasteiger partial charge in [0.25, 0.3) is 0 Å². The summed E-state index contributed by atoms with van der Waals surface area (Å²) in [6.07, 6.45) is 4.84. The Bertz CT molecular complexity index is 2850. The van der Waals surface area contributed by atoms with Gasteiger partial charge >= 0.3 is 6.09 Å². The van der Waals surface area contributed by atoms with Gasteiger partial charge in [-0.25, -0.2) is 4.79 Å². The number of hydrogen-bond donors (Lipinski definition) is 4. The molecule has 0 bridgehead atoms. The fourth-order valence-electron chi connectivity index (χ4n) is 11.0. The number of likely N-dealkylation sites (tertiary alicyclic amines) is 1. The molecule has 4 atom stereocenters. The summed E-state index contributed by atoms with van der Waals surface area (Å²) in [5.41, 5.74) is 5.61. The van der Waals surface area contributed by atoms with E-state index in [0.29, 0.717) is 64.6 Å². The molecule has 92 heavy (non-hydrogen) atoms. The summed E-state index contributed by atoms with van der Waals surface area (Å²) in [7, 11) is 0. The molecule has 0 aromatic heterocycles. The zero-order valence-corrected chi connectivity index (χ0v) is 56.5. The Labute approximate surface area is 546 Å². The minimum absolute atomic E-state index is 0.0278. The predicted molar refractivity (Wildman–Crippen MR) is 357 cm³/mol. The van der Waals surface area contributed by atoms with Crippen LogP contribution in [0.15, 0.2) is 97.1 Å². The summed E-state index contributed by atoms with van der Waals surface area (Å²) in [5, 5.41) is 11.8. The second-order valence-corrected chi connectivity index (χ2v) is 25.5. The van der Waals surface area contributed by atoms with Gasteiger partial charge in [0.15, 0.2) is 23.1 Å². The molecule has 4 aromatic carbocycles. The smallest absolute Gasteiger partial charge is 0.410 e. The summed E-state index contributed by atoms with van der Waals surface area (Å²) in [5.74, 6) is -1.35. The van der Waals surface area contributed by atoms with Crippen LogP contribution in [0.3, 0.4) is 0 Å². The number of nitrogens with one attached hydrogen (secondary N) is 4. The van der Waals surface area contributed by atoms with Crippen molar-refractivity contribution in [2.24, 2.45) is 11.8 Å². The van der Waals surface area contributed by atoms with Gasteiger partial charge in [-0.15, -0.1) is 0 Å². The van der Waals surface area contributed by atoms with E-state index in [1.165, 1.54) is 4.90 Å². The topological polar surface area (TPSA) is 235 Å². The van der Waals surface area contributed by atoms with Crippen molar-refractivity contribution in [3.05, 3.63) is 119 Å². The quantitative estimate of drug-likeness (QED) is 0.0310. The molecule has 2 fully saturated rings. The molecule has 19 nitrogen and oxygen atoms in total. The van der Waals surface area contributed by atoms with E-state index < -0.39 is 29.9 Å². The average molecular weight is 1280 g/mol. The second-order valence-electron chi connectivity index (χ2n) is 25.5. The summed E-state index contributed by atoms with van der Waals surface area (Å²) in [6, 6.07) is 30.4. The number of nitrogens with zero attached hydrogens (tertiary/aromatic N) is 1. The minimum Gasteiger partial charge on any atom is -0.488 e. The molecule has 2 unspecified atom stereocenters. The molecule has 2 aliphatic heterocycles. The lowest BCUT2D eigenvalue weighted by Crippen LogP contribution is -2.46.